The SMILES string of the molecule is COc1ccc(OCCCOc2ccc(C(=O)C(C)C)cc2N)cc1. The second-order valence-corrected chi connectivity index (χ2v) is 6.00. The molecule has 0 spiro atoms. The molecule has 2 rings (SSSR count). The Morgan fingerprint density at radius 3 is 2.24 bits per heavy atom. The van der Waals surface area contributed by atoms with Crippen LogP contribution in [0.3, 0.4) is 0 Å². The van der Waals surface area contributed by atoms with Crippen molar-refractivity contribution in [3.63, 3.8) is 0 Å². The first-order valence-electron chi connectivity index (χ1n) is 8.34. The van der Waals surface area contributed by atoms with Crippen molar-refractivity contribution < 1.29 is 19.0 Å². The number of hydrogen-bond donors (Lipinski definition) is 1. The van der Waals surface area contributed by atoms with Crippen molar-refractivity contribution in [2.75, 3.05) is 26.1 Å². The van der Waals surface area contributed by atoms with E-state index in [1.807, 2.05) is 38.1 Å². The quantitative estimate of drug-likeness (QED) is 0.424. The summed E-state index contributed by atoms with van der Waals surface area (Å²) < 4.78 is 16.4. The lowest BCUT2D eigenvalue weighted by Gasteiger charge is -2.11. The molecule has 5 heteroatoms. The van der Waals surface area contributed by atoms with E-state index in [2.05, 4.69) is 0 Å². The van der Waals surface area contributed by atoms with Crippen LogP contribution in [0.15, 0.2) is 42.5 Å². The summed E-state index contributed by atoms with van der Waals surface area (Å²) in [4.78, 5) is 12.0. The highest BCUT2D eigenvalue weighted by molar-refractivity contribution is 5.98. The maximum Gasteiger partial charge on any atom is 0.165 e. The molecule has 134 valence electrons. The molecule has 0 atom stereocenters. The summed E-state index contributed by atoms with van der Waals surface area (Å²) in [7, 11) is 1.63. The molecular weight excluding hydrogens is 318 g/mol. The first-order chi connectivity index (χ1) is 12.0. The molecule has 0 unspecified atom stereocenters. The molecule has 2 aromatic carbocycles. The fraction of sp³-hybridized carbons (Fsp3) is 0.350. The number of ether oxygens (including phenoxy) is 3. The van der Waals surface area contributed by atoms with Crippen LogP contribution in [-0.2, 0) is 0 Å². The standard InChI is InChI=1S/C20H25NO4/c1-14(2)20(22)15-5-10-19(18(21)13-15)25-12-4-11-24-17-8-6-16(23-3)7-9-17/h5-10,13-14H,4,11-12,21H2,1-3H3. The average molecular weight is 343 g/mol. The molecule has 2 aromatic rings. The van der Waals surface area contributed by atoms with Crippen LogP contribution in [0.4, 0.5) is 5.69 Å². The summed E-state index contributed by atoms with van der Waals surface area (Å²) in [5, 5.41) is 0. The summed E-state index contributed by atoms with van der Waals surface area (Å²) in [6.45, 7) is 4.76. The molecule has 0 bridgehead atoms. The largest absolute Gasteiger partial charge is 0.497 e. The van der Waals surface area contributed by atoms with Gasteiger partial charge in [-0.1, -0.05) is 13.8 Å². The highest BCUT2D eigenvalue weighted by Gasteiger charge is 2.12. The highest BCUT2D eigenvalue weighted by atomic mass is 16.5. The minimum atomic E-state index is -0.0544. The monoisotopic (exact) mass is 343 g/mol. The van der Waals surface area contributed by atoms with Crippen LogP contribution in [0, 0.1) is 5.92 Å². The summed E-state index contributed by atoms with van der Waals surface area (Å²) >= 11 is 0. The Hall–Kier alpha value is -2.69. The van der Waals surface area contributed by atoms with Gasteiger partial charge in [-0.2, -0.15) is 0 Å². The summed E-state index contributed by atoms with van der Waals surface area (Å²) in [6.07, 6.45) is 0.720. The molecule has 0 aliphatic heterocycles. The molecule has 0 fully saturated rings. The van der Waals surface area contributed by atoms with Crippen molar-refractivity contribution in [2.24, 2.45) is 5.92 Å². The molecule has 0 saturated carbocycles. The van der Waals surface area contributed by atoms with Crippen LogP contribution in [0.1, 0.15) is 30.6 Å². The molecule has 0 amide bonds. The normalized spacial score (nSPS) is 10.6. The van der Waals surface area contributed by atoms with Crippen LogP contribution in [0.25, 0.3) is 0 Å². The van der Waals surface area contributed by atoms with Gasteiger partial charge in [0, 0.05) is 17.9 Å². The van der Waals surface area contributed by atoms with E-state index in [1.165, 1.54) is 0 Å². The van der Waals surface area contributed by atoms with Gasteiger partial charge in [0.05, 0.1) is 26.0 Å². The van der Waals surface area contributed by atoms with Gasteiger partial charge in [-0.05, 0) is 42.5 Å². The van der Waals surface area contributed by atoms with Gasteiger partial charge in [0.15, 0.2) is 5.78 Å². The second-order valence-electron chi connectivity index (χ2n) is 6.00. The first kappa shape index (κ1) is 18.6. The lowest BCUT2D eigenvalue weighted by atomic mass is 10.0. The number of nitrogen functional groups attached to an aromatic ring is 1. The van der Waals surface area contributed by atoms with E-state index in [9.17, 15) is 4.79 Å². The van der Waals surface area contributed by atoms with Gasteiger partial charge in [-0.25, -0.2) is 0 Å². The Kier molecular flexibility index (Phi) is 6.69. The third-order valence-corrected chi connectivity index (χ3v) is 3.69. The Labute approximate surface area is 148 Å². The second kappa shape index (κ2) is 8.97. The molecule has 5 nitrogen and oxygen atoms in total. The van der Waals surface area contributed by atoms with Crippen molar-refractivity contribution in [1.82, 2.24) is 0 Å². The van der Waals surface area contributed by atoms with Crippen LogP contribution >= 0.6 is 0 Å². The molecule has 0 saturated heterocycles. The third-order valence-electron chi connectivity index (χ3n) is 3.69. The zero-order valence-electron chi connectivity index (χ0n) is 15.0. The van der Waals surface area contributed by atoms with Gasteiger partial charge < -0.3 is 19.9 Å². The van der Waals surface area contributed by atoms with Crippen molar-refractivity contribution in [3.05, 3.63) is 48.0 Å². The lowest BCUT2D eigenvalue weighted by molar-refractivity contribution is 0.0939. The maximum absolute atomic E-state index is 12.0. The molecule has 0 radical (unpaired) electrons. The minimum Gasteiger partial charge on any atom is -0.497 e. The summed E-state index contributed by atoms with van der Waals surface area (Å²) in [5.41, 5.74) is 7.06. The van der Waals surface area contributed by atoms with E-state index < -0.39 is 0 Å². The number of ketones is 1. The number of anilines is 1. The maximum atomic E-state index is 12.0. The fourth-order valence-electron chi connectivity index (χ4n) is 2.27. The van der Waals surface area contributed by atoms with Gasteiger partial charge >= 0.3 is 0 Å². The Bertz CT molecular complexity index is 695. The molecule has 0 aromatic heterocycles. The Morgan fingerprint density at radius 1 is 1.00 bits per heavy atom. The van der Waals surface area contributed by atoms with Gasteiger partial charge in [0.2, 0.25) is 0 Å². The number of nitrogens with two attached hydrogens (primary N) is 1. The van der Waals surface area contributed by atoms with E-state index >= 15 is 0 Å². The number of Topliss-reactive ketones (excluding diaryl/α,β-unsaturated/α-hetero) is 1. The fourth-order valence-corrected chi connectivity index (χ4v) is 2.27. The number of hydrogen-bond acceptors (Lipinski definition) is 5. The topological polar surface area (TPSA) is 70.8 Å². The predicted octanol–water partition coefficient (Wildman–Crippen LogP) is 3.96. The predicted molar refractivity (Wildman–Crippen MR) is 98.6 cm³/mol. The van der Waals surface area contributed by atoms with Gasteiger partial charge in [-0.3, -0.25) is 4.79 Å². The number of carbonyl (C=O) groups excluding carboxylic acids is 1. The number of benzene rings is 2. The molecule has 0 aliphatic carbocycles. The van der Waals surface area contributed by atoms with Gasteiger partial charge in [-0.15, -0.1) is 0 Å². The Morgan fingerprint density at radius 2 is 1.64 bits per heavy atom. The van der Waals surface area contributed by atoms with Crippen molar-refractivity contribution >= 4 is 11.5 Å². The molecule has 0 heterocycles. The van der Waals surface area contributed by atoms with Gasteiger partial charge in [0.25, 0.3) is 0 Å². The minimum absolute atomic E-state index is 0.0544. The van der Waals surface area contributed by atoms with E-state index in [-0.39, 0.29) is 11.7 Å². The molecule has 25 heavy (non-hydrogen) atoms. The van der Waals surface area contributed by atoms with E-state index in [1.54, 1.807) is 25.3 Å². The number of methoxy groups -OCH3 is 1. The average Bonchev–Trinajstić information content (AvgIpc) is 2.62. The smallest absolute Gasteiger partial charge is 0.165 e. The van der Waals surface area contributed by atoms with Crippen LogP contribution in [-0.4, -0.2) is 26.1 Å². The summed E-state index contributed by atoms with van der Waals surface area (Å²) in [6, 6.07) is 12.6. The van der Waals surface area contributed by atoms with Gasteiger partial charge in [0.1, 0.15) is 17.2 Å². The highest BCUT2D eigenvalue weighted by Crippen LogP contribution is 2.24. The first-order valence-corrected chi connectivity index (χ1v) is 8.34. The van der Waals surface area contributed by atoms with E-state index in [4.69, 9.17) is 19.9 Å². The third kappa shape index (κ3) is 5.41. The van der Waals surface area contributed by atoms with E-state index in [0.29, 0.717) is 30.2 Å². The van der Waals surface area contributed by atoms with Crippen molar-refractivity contribution in [1.29, 1.82) is 0 Å². The van der Waals surface area contributed by atoms with Crippen LogP contribution in [0.2, 0.25) is 0 Å². The van der Waals surface area contributed by atoms with Crippen LogP contribution < -0.4 is 19.9 Å². The number of rotatable bonds is 9. The lowest BCUT2D eigenvalue weighted by Crippen LogP contribution is -2.09. The molecule has 0 aliphatic rings. The zero-order chi connectivity index (χ0) is 18.2. The van der Waals surface area contributed by atoms with E-state index in [0.717, 1.165) is 17.9 Å². The van der Waals surface area contributed by atoms with Crippen molar-refractivity contribution in [3.8, 4) is 17.2 Å². The molecular formula is C20H25NO4. The van der Waals surface area contributed by atoms with Crippen LogP contribution in [0.5, 0.6) is 17.2 Å². The zero-order valence-corrected chi connectivity index (χ0v) is 15.0. The Balaban J connectivity index is 1.76. The number of carbonyl (C=O) groups is 1. The molecule has 2 N–H and O–H groups in total. The van der Waals surface area contributed by atoms with Crippen molar-refractivity contribution in [2.45, 2.75) is 20.3 Å². The summed E-state index contributed by atoms with van der Waals surface area (Å²) in [5.74, 6) is 2.19.